The normalized spacial score (nSPS) is 9.73. The van der Waals surface area contributed by atoms with E-state index in [1.807, 2.05) is 19.9 Å². The van der Waals surface area contributed by atoms with Crippen molar-refractivity contribution < 1.29 is 14.3 Å². The Morgan fingerprint density at radius 1 is 1.47 bits per heavy atom. The van der Waals surface area contributed by atoms with E-state index >= 15 is 0 Å². The molecule has 0 saturated carbocycles. The molecule has 0 aromatic heterocycles. The first kappa shape index (κ1) is 11.4. The third-order valence-corrected chi connectivity index (χ3v) is 2.04. The predicted molar refractivity (Wildman–Crippen MR) is 57.1 cm³/mol. The van der Waals surface area contributed by atoms with Crippen LogP contribution in [0.15, 0.2) is 18.2 Å². The number of ether oxygens (including phenoxy) is 1. The number of esters is 1. The molecular weight excluding hydrogens is 192 g/mol. The molecule has 0 fully saturated rings. The van der Waals surface area contributed by atoms with E-state index in [1.165, 1.54) is 0 Å². The van der Waals surface area contributed by atoms with Gasteiger partial charge in [0.1, 0.15) is 5.75 Å². The van der Waals surface area contributed by atoms with Gasteiger partial charge in [0, 0.05) is 6.42 Å². The largest absolute Gasteiger partial charge is 0.425 e. The summed E-state index contributed by atoms with van der Waals surface area (Å²) < 4.78 is 5.14. The van der Waals surface area contributed by atoms with Gasteiger partial charge in [-0.3, -0.25) is 9.59 Å². The molecule has 0 N–H and O–H groups in total. The van der Waals surface area contributed by atoms with Crippen molar-refractivity contribution in [1.82, 2.24) is 0 Å². The van der Waals surface area contributed by atoms with E-state index in [0.29, 0.717) is 24.0 Å². The van der Waals surface area contributed by atoms with Crippen LogP contribution in [-0.4, -0.2) is 12.3 Å². The van der Waals surface area contributed by atoms with Crippen LogP contribution in [0.25, 0.3) is 0 Å². The van der Waals surface area contributed by atoms with Crippen molar-refractivity contribution in [3.63, 3.8) is 0 Å². The highest BCUT2D eigenvalue weighted by Gasteiger charge is 2.10. The second kappa shape index (κ2) is 5.29. The van der Waals surface area contributed by atoms with Gasteiger partial charge >= 0.3 is 5.97 Å². The summed E-state index contributed by atoms with van der Waals surface area (Å²) in [6.07, 6.45) is 1.80. The number of carbonyl (C=O) groups excluding carboxylic acids is 2. The van der Waals surface area contributed by atoms with Crippen LogP contribution in [-0.2, 0) is 4.79 Å². The molecule has 0 heterocycles. The van der Waals surface area contributed by atoms with E-state index in [-0.39, 0.29) is 5.97 Å². The number of carbonyl (C=O) groups is 2. The van der Waals surface area contributed by atoms with Gasteiger partial charge in [-0.1, -0.05) is 19.1 Å². The molecule has 0 saturated heterocycles. The van der Waals surface area contributed by atoms with Crippen molar-refractivity contribution in [2.75, 3.05) is 0 Å². The van der Waals surface area contributed by atoms with E-state index < -0.39 is 0 Å². The highest BCUT2D eigenvalue weighted by molar-refractivity contribution is 5.83. The average Bonchev–Trinajstić information content (AvgIpc) is 2.21. The minimum atomic E-state index is -0.296. The first-order valence-corrected chi connectivity index (χ1v) is 4.94. The van der Waals surface area contributed by atoms with Crippen LogP contribution in [0.1, 0.15) is 35.7 Å². The number of hydrogen-bond donors (Lipinski definition) is 0. The molecule has 0 aliphatic carbocycles. The van der Waals surface area contributed by atoms with Crippen molar-refractivity contribution in [3.8, 4) is 5.75 Å². The Bertz CT molecular complexity index is 369. The van der Waals surface area contributed by atoms with Crippen molar-refractivity contribution in [2.24, 2.45) is 0 Å². The van der Waals surface area contributed by atoms with Crippen molar-refractivity contribution in [3.05, 3.63) is 29.3 Å². The maximum absolute atomic E-state index is 11.3. The molecule has 0 aliphatic heterocycles. The van der Waals surface area contributed by atoms with Gasteiger partial charge in [-0.15, -0.1) is 0 Å². The molecule has 1 aromatic carbocycles. The first-order chi connectivity index (χ1) is 7.19. The second-order valence-electron chi connectivity index (χ2n) is 3.34. The van der Waals surface area contributed by atoms with Gasteiger partial charge in [-0.25, -0.2) is 0 Å². The fourth-order valence-electron chi connectivity index (χ4n) is 1.28. The summed E-state index contributed by atoms with van der Waals surface area (Å²) in [5.74, 6) is 0.0841. The standard InChI is InChI=1S/C12H14O3/c1-3-5-11(14)15-12-9(2)6-4-7-10(12)8-13/h4,6-8H,3,5H2,1-2H3. The summed E-state index contributed by atoms with van der Waals surface area (Å²) in [6, 6.07) is 5.20. The zero-order chi connectivity index (χ0) is 11.3. The third-order valence-electron chi connectivity index (χ3n) is 2.04. The monoisotopic (exact) mass is 206 g/mol. The van der Waals surface area contributed by atoms with Crippen LogP contribution in [0.2, 0.25) is 0 Å². The Kier molecular flexibility index (Phi) is 4.03. The van der Waals surface area contributed by atoms with Crippen molar-refractivity contribution >= 4 is 12.3 Å². The Labute approximate surface area is 89.1 Å². The van der Waals surface area contributed by atoms with E-state index in [1.54, 1.807) is 12.1 Å². The van der Waals surface area contributed by atoms with Gasteiger partial charge < -0.3 is 4.74 Å². The van der Waals surface area contributed by atoms with Gasteiger partial charge in [0.25, 0.3) is 0 Å². The van der Waals surface area contributed by atoms with Crippen LogP contribution in [0.4, 0.5) is 0 Å². The van der Waals surface area contributed by atoms with Crippen molar-refractivity contribution in [1.29, 1.82) is 0 Å². The number of para-hydroxylation sites is 1. The topological polar surface area (TPSA) is 43.4 Å². The summed E-state index contributed by atoms with van der Waals surface area (Å²) in [6.45, 7) is 3.71. The molecular formula is C12H14O3. The van der Waals surface area contributed by atoms with Gasteiger partial charge in [-0.2, -0.15) is 0 Å². The summed E-state index contributed by atoms with van der Waals surface area (Å²) >= 11 is 0. The van der Waals surface area contributed by atoms with Gasteiger partial charge in [-0.05, 0) is 25.0 Å². The van der Waals surface area contributed by atoms with Gasteiger partial charge in [0.05, 0.1) is 5.56 Å². The fourth-order valence-corrected chi connectivity index (χ4v) is 1.28. The molecule has 80 valence electrons. The number of hydrogen-bond acceptors (Lipinski definition) is 3. The zero-order valence-electron chi connectivity index (χ0n) is 8.95. The number of rotatable bonds is 4. The smallest absolute Gasteiger partial charge is 0.311 e. The molecule has 15 heavy (non-hydrogen) atoms. The quantitative estimate of drug-likeness (QED) is 0.432. The Hall–Kier alpha value is -1.64. The van der Waals surface area contributed by atoms with E-state index in [9.17, 15) is 9.59 Å². The number of aldehydes is 1. The molecule has 0 atom stereocenters. The molecule has 0 radical (unpaired) electrons. The van der Waals surface area contributed by atoms with Crippen LogP contribution < -0.4 is 4.74 Å². The van der Waals surface area contributed by atoms with Crippen LogP contribution >= 0.6 is 0 Å². The number of aryl methyl sites for hydroxylation is 1. The summed E-state index contributed by atoms with van der Waals surface area (Å²) in [4.78, 5) is 22.0. The number of benzene rings is 1. The lowest BCUT2D eigenvalue weighted by Gasteiger charge is -2.08. The SMILES string of the molecule is CCCC(=O)Oc1c(C)cccc1C=O. The molecule has 0 amide bonds. The summed E-state index contributed by atoms with van der Waals surface area (Å²) in [7, 11) is 0. The Morgan fingerprint density at radius 3 is 2.80 bits per heavy atom. The lowest BCUT2D eigenvalue weighted by Crippen LogP contribution is -2.09. The molecule has 3 heteroatoms. The molecule has 1 aromatic rings. The minimum absolute atomic E-state index is 0.296. The second-order valence-corrected chi connectivity index (χ2v) is 3.34. The molecule has 3 nitrogen and oxygen atoms in total. The summed E-state index contributed by atoms with van der Waals surface area (Å²) in [5, 5.41) is 0. The Morgan fingerprint density at radius 2 is 2.20 bits per heavy atom. The van der Waals surface area contributed by atoms with Crippen LogP contribution in [0.5, 0.6) is 5.75 Å². The molecule has 1 rings (SSSR count). The van der Waals surface area contributed by atoms with E-state index in [0.717, 1.165) is 12.0 Å². The first-order valence-electron chi connectivity index (χ1n) is 4.94. The summed E-state index contributed by atoms with van der Waals surface area (Å²) in [5.41, 5.74) is 1.21. The molecule has 0 spiro atoms. The van der Waals surface area contributed by atoms with Crippen LogP contribution in [0, 0.1) is 6.92 Å². The molecule has 0 bridgehead atoms. The highest BCUT2D eigenvalue weighted by Crippen LogP contribution is 2.22. The van der Waals surface area contributed by atoms with Gasteiger partial charge in [0.2, 0.25) is 0 Å². The Balaban J connectivity index is 2.92. The van der Waals surface area contributed by atoms with Crippen molar-refractivity contribution in [2.45, 2.75) is 26.7 Å². The third kappa shape index (κ3) is 2.91. The van der Waals surface area contributed by atoms with E-state index in [2.05, 4.69) is 0 Å². The minimum Gasteiger partial charge on any atom is -0.425 e. The molecule has 0 aliphatic rings. The average molecular weight is 206 g/mol. The lowest BCUT2D eigenvalue weighted by molar-refractivity contribution is -0.134. The zero-order valence-corrected chi connectivity index (χ0v) is 8.95. The lowest BCUT2D eigenvalue weighted by atomic mass is 10.1. The molecule has 0 unspecified atom stereocenters. The van der Waals surface area contributed by atoms with E-state index in [4.69, 9.17) is 4.74 Å². The van der Waals surface area contributed by atoms with Gasteiger partial charge in [0.15, 0.2) is 6.29 Å². The maximum Gasteiger partial charge on any atom is 0.311 e. The highest BCUT2D eigenvalue weighted by atomic mass is 16.5. The maximum atomic E-state index is 11.3. The fraction of sp³-hybridized carbons (Fsp3) is 0.333. The van der Waals surface area contributed by atoms with Crippen LogP contribution in [0.3, 0.4) is 0 Å². The predicted octanol–water partition coefficient (Wildman–Crippen LogP) is 2.51.